The van der Waals surface area contributed by atoms with Crippen molar-refractivity contribution in [1.82, 2.24) is 20.9 Å². The lowest BCUT2D eigenvalue weighted by atomic mass is 10.1. The Morgan fingerprint density at radius 3 is 2.46 bits per heavy atom. The number of carbonyl (C=O) groups is 1. The highest BCUT2D eigenvalue weighted by Gasteiger charge is 2.08. The summed E-state index contributed by atoms with van der Waals surface area (Å²) in [5.74, 6) is 0.684. The van der Waals surface area contributed by atoms with Gasteiger partial charge in [0.15, 0.2) is 5.96 Å². The topological polar surface area (TPSA) is 78.4 Å². The van der Waals surface area contributed by atoms with Gasteiger partial charge in [-0.2, -0.15) is 0 Å². The van der Waals surface area contributed by atoms with Gasteiger partial charge in [0.05, 0.1) is 0 Å². The van der Waals surface area contributed by atoms with Gasteiger partial charge in [0.1, 0.15) is 5.15 Å². The SMILES string of the molecule is CCC(C)NC(=O)c1ccc(CNC(=NC)NCCc2ccc(Cl)nc2)cc1. The minimum Gasteiger partial charge on any atom is -0.356 e. The van der Waals surface area contributed by atoms with Crippen LogP contribution in [0.3, 0.4) is 0 Å². The van der Waals surface area contributed by atoms with E-state index in [4.69, 9.17) is 11.6 Å². The number of carbonyl (C=O) groups excluding carboxylic acids is 1. The molecule has 0 saturated carbocycles. The van der Waals surface area contributed by atoms with Crippen molar-refractivity contribution in [1.29, 1.82) is 0 Å². The smallest absolute Gasteiger partial charge is 0.251 e. The monoisotopic (exact) mass is 401 g/mol. The number of rotatable bonds is 8. The molecule has 0 saturated heterocycles. The second kappa shape index (κ2) is 11.3. The molecule has 3 N–H and O–H groups in total. The van der Waals surface area contributed by atoms with E-state index in [1.807, 2.05) is 44.2 Å². The van der Waals surface area contributed by atoms with Gasteiger partial charge in [-0.05, 0) is 49.1 Å². The fourth-order valence-electron chi connectivity index (χ4n) is 2.47. The molecule has 0 aliphatic heterocycles. The Balaban J connectivity index is 1.78. The zero-order chi connectivity index (χ0) is 20.4. The van der Waals surface area contributed by atoms with E-state index in [9.17, 15) is 4.79 Å². The van der Waals surface area contributed by atoms with E-state index in [1.165, 1.54) is 0 Å². The molecule has 0 fully saturated rings. The van der Waals surface area contributed by atoms with Crippen molar-refractivity contribution in [3.8, 4) is 0 Å². The number of hydrogen-bond acceptors (Lipinski definition) is 3. The van der Waals surface area contributed by atoms with E-state index < -0.39 is 0 Å². The summed E-state index contributed by atoms with van der Waals surface area (Å²) in [4.78, 5) is 20.4. The quantitative estimate of drug-likeness (QED) is 0.360. The number of nitrogens with zero attached hydrogens (tertiary/aromatic N) is 2. The minimum atomic E-state index is -0.0389. The van der Waals surface area contributed by atoms with Gasteiger partial charge < -0.3 is 16.0 Å². The van der Waals surface area contributed by atoms with Crippen LogP contribution in [0.5, 0.6) is 0 Å². The van der Waals surface area contributed by atoms with Crippen LogP contribution < -0.4 is 16.0 Å². The number of halogens is 1. The third kappa shape index (κ3) is 7.19. The highest BCUT2D eigenvalue weighted by Crippen LogP contribution is 2.06. The molecule has 1 heterocycles. The van der Waals surface area contributed by atoms with E-state index in [1.54, 1.807) is 19.3 Å². The third-order valence-corrected chi connectivity index (χ3v) is 4.61. The molecule has 0 bridgehead atoms. The Kier molecular flexibility index (Phi) is 8.75. The van der Waals surface area contributed by atoms with E-state index in [2.05, 4.69) is 25.9 Å². The molecule has 1 amide bonds. The number of aliphatic imine (C=N–C) groups is 1. The van der Waals surface area contributed by atoms with Crippen LogP contribution in [-0.2, 0) is 13.0 Å². The number of amides is 1. The second-order valence-corrected chi connectivity index (χ2v) is 6.96. The van der Waals surface area contributed by atoms with Crippen molar-refractivity contribution in [2.75, 3.05) is 13.6 Å². The first-order valence-corrected chi connectivity index (χ1v) is 9.84. The molecular formula is C21H28ClN5O. The Hall–Kier alpha value is -2.60. The molecule has 2 aromatic rings. The highest BCUT2D eigenvalue weighted by atomic mass is 35.5. The van der Waals surface area contributed by atoms with Crippen LogP contribution in [0.2, 0.25) is 5.15 Å². The van der Waals surface area contributed by atoms with E-state index in [0.717, 1.165) is 36.5 Å². The Morgan fingerprint density at radius 2 is 1.86 bits per heavy atom. The van der Waals surface area contributed by atoms with E-state index >= 15 is 0 Å². The average Bonchev–Trinajstić information content (AvgIpc) is 2.72. The fraction of sp³-hybridized carbons (Fsp3) is 0.381. The highest BCUT2D eigenvalue weighted by molar-refractivity contribution is 6.29. The van der Waals surface area contributed by atoms with Crippen LogP contribution >= 0.6 is 11.6 Å². The number of benzene rings is 1. The van der Waals surface area contributed by atoms with Crippen molar-refractivity contribution in [3.63, 3.8) is 0 Å². The third-order valence-electron chi connectivity index (χ3n) is 4.38. The number of guanidine groups is 1. The van der Waals surface area contributed by atoms with E-state index in [-0.39, 0.29) is 11.9 Å². The lowest BCUT2D eigenvalue weighted by Gasteiger charge is -2.13. The van der Waals surface area contributed by atoms with Gasteiger partial charge in [0.2, 0.25) is 0 Å². The Morgan fingerprint density at radius 1 is 1.14 bits per heavy atom. The first-order valence-electron chi connectivity index (χ1n) is 9.46. The lowest BCUT2D eigenvalue weighted by Crippen LogP contribution is -2.37. The summed E-state index contributed by atoms with van der Waals surface area (Å²) >= 11 is 5.80. The van der Waals surface area contributed by atoms with Crippen LogP contribution in [0.25, 0.3) is 0 Å². The number of hydrogen-bond donors (Lipinski definition) is 3. The fourth-order valence-corrected chi connectivity index (χ4v) is 2.58. The molecule has 150 valence electrons. The van der Waals surface area contributed by atoms with Crippen molar-refractivity contribution >= 4 is 23.5 Å². The van der Waals surface area contributed by atoms with Crippen molar-refractivity contribution in [2.45, 2.75) is 39.3 Å². The molecule has 1 atom stereocenters. The predicted molar refractivity (Wildman–Crippen MR) is 115 cm³/mol. The molecule has 7 heteroatoms. The van der Waals surface area contributed by atoms with Gasteiger partial charge >= 0.3 is 0 Å². The van der Waals surface area contributed by atoms with Crippen LogP contribution in [0.15, 0.2) is 47.6 Å². The molecule has 1 aromatic heterocycles. The van der Waals surface area contributed by atoms with Gasteiger partial charge in [-0.3, -0.25) is 9.79 Å². The number of nitrogens with one attached hydrogen (secondary N) is 3. The minimum absolute atomic E-state index is 0.0389. The van der Waals surface area contributed by atoms with Crippen molar-refractivity contribution < 1.29 is 4.79 Å². The largest absolute Gasteiger partial charge is 0.356 e. The molecule has 6 nitrogen and oxygen atoms in total. The zero-order valence-corrected chi connectivity index (χ0v) is 17.4. The molecule has 0 aliphatic rings. The maximum absolute atomic E-state index is 12.1. The van der Waals surface area contributed by atoms with Gasteiger partial charge in [-0.25, -0.2) is 4.98 Å². The maximum Gasteiger partial charge on any atom is 0.251 e. The summed E-state index contributed by atoms with van der Waals surface area (Å²) < 4.78 is 0. The Labute approximate surface area is 171 Å². The standard InChI is InChI=1S/C21H28ClN5O/c1-4-15(2)27-20(28)18-8-5-16(6-9-18)14-26-21(23-3)24-12-11-17-7-10-19(22)25-13-17/h5-10,13,15H,4,11-12,14H2,1-3H3,(H,27,28)(H2,23,24,26). The molecule has 0 spiro atoms. The first-order chi connectivity index (χ1) is 13.5. The van der Waals surface area contributed by atoms with Crippen molar-refractivity contribution in [2.24, 2.45) is 4.99 Å². The zero-order valence-electron chi connectivity index (χ0n) is 16.6. The maximum atomic E-state index is 12.1. The average molecular weight is 402 g/mol. The summed E-state index contributed by atoms with van der Waals surface area (Å²) in [7, 11) is 1.74. The predicted octanol–water partition coefficient (Wildman–Crippen LogP) is 3.17. The summed E-state index contributed by atoms with van der Waals surface area (Å²) in [5, 5.41) is 10.0. The molecular weight excluding hydrogens is 374 g/mol. The first kappa shape index (κ1) is 21.7. The van der Waals surface area contributed by atoms with Gasteiger partial charge in [-0.1, -0.05) is 36.7 Å². The molecule has 1 aromatic carbocycles. The van der Waals surface area contributed by atoms with E-state index in [0.29, 0.717) is 17.3 Å². The van der Waals surface area contributed by atoms with Crippen LogP contribution in [-0.4, -0.2) is 36.5 Å². The second-order valence-electron chi connectivity index (χ2n) is 6.57. The lowest BCUT2D eigenvalue weighted by molar-refractivity contribution is 0.0939. The van der Waals surface area contributed by atoms with Gasteiger partial charge in [-0.15, -0.1) is 0 Å². The Bertz CT molecular complexity index is 774. The molecule has 0 radical (unpaired) electrons. The van der Waals surface area contributed by atoms with Crippen LogP contribution in [0.4, 0.5) is 0 Å². The summed E-state index contributed by atoms with van der Waals surface area (Å²) in [6.45, 7) is 5.40. The molecule has 2 rings (SSSR count). The van der Waals surface area contributed by atoms with Crippen LogP contribution in [0.1, 0.15) is 41.8 Å². The van der Waals surface area contributed by atoms with Gasteiger partial charge in [0.25, 0.3) is 5.91 Å². The summed E-state index contributed by atoms with van der Waals surface area (Å²) in [5.41, 5.74) is 2.85. The van der Waals surface area contributed by atoms with Gasteiger partial charge in [0, 0.05) is 37.9 Å². The molecule has 1 unspecified atom stereocenters. The summed E-state index contributed by atoms with van der Waals surface area (Å²) in [6, 6.07) is 11.5. The van der Waals surface area contributed by atoms with Crippen LogP contribution in [0, 0.1) is 0 Å². The summed E-state index contributed by atoms with van der Waals surface area (Å²) in [6.07, 6.45) is 3.51. The number of aromatic nitrogens is 1. The number of pyridine rings is 1. The normalized spacial score (nSPS) is 12.4. The molecule has 28 heavy (non-hydrogen) atoms. The molecule has 0 aliphatic carbocycles. The van der Waals surface area contributed by atoms with Crippen molar-refractivity contribution in [3.05, 3.63) is 64.4 Å².